The third-order valence-corrected chi connectivity index (χ3v) is 6.22. The van der Waals surface area contributed by atoms with Crippen LogP contribution in [0.3, 0.4) is 0 Å². The molecule has 7 nitrogen and oxygen atoms in total. The Kier molecular flexibility index (Phi) is 10.7. The largest absolute Gasteiger partial charge is 0.478 e. The van der Waals surface area contributed by atoms with E-state index in [0.717, 1.165) is 22.7 Å². The maximum Gasteiger partial charge on any atom is 0.328 e. The first-order valence-electron chi connectivity index (χ1n) is 10.6. The molecule has 1 heterocycles. The zero-order valence-corrected chi connectivity index (χ0v) is 20.9. The molecule has 0 saturated heterocycles. The number of para-hydroxylation sites is 1. The first kappa shape index (κ1) is 27.0. The van der Waals surface area contributed by atoms with E-state index in [9.17, 15) is 9.59 Å². The third kappa shape index (κ3) is 8.58. The average molecular weight is 501 g/mol. The van der Waals surface area contributed by atoms with E-state index in [0.29, 0.717) is 12.2 Å². The standard InChI is InChI=1S/C21H24N2OS2.C4H4O4/c1-16(2)23(24-18-12-8-5-9-13-18)15-14-19-20(22(3)21(25)26-19)17-10-6-4-7-11-17;5-3(6)1-2-4(7)8/h4-13,16H,14-15H2,1-3H3;1-2H,(H,5,6)(H,7,8). The van der Waals surface area contributed by atoms with Crippen LogP contribution in [0.5, 0.6) is 5.75 Å². The fraction of sp³-hybridized carbons (Fsp3) is 0.240. The smallest absolute Gasteiger partial charge is 0.328 e. The lowest BCUT2D eigenvalue weighted by Crippen LogP contribution is -2.35. The number of hydrogen-bond donors (Lipinski definition) is 2. The van der Waals surface area contributed by atoms with E-state index in [1.807, 2.05) is 48.5 Å². The fourth-order valence-corrected chi connectivity index (χ4v) is 4.38. The van der Waals surface area contributed by atoms with E-state index in [1.54, 1.807) is 11.3 Å². The summed E-state index contributed by atoms with van der Waals surface area (Å²) in [6.45, 7) is 5.10. The van der Waals surface area contributed by atoms with Crippen molar-refractivity contribution >= 4 is 35.5 Å². The molecule has 0 fully saturated rings. The number of carbonyl (C=O) groups is 2. The average Bonchev–Trinajstić information content (AvgIpc) is 3.10. The molecule has 0 saturated carbocycles. The summed E-state index contributed by atoms with van der Waals surface area (Å²) >= 11 is 7.23. The molecule has 0 atom stereocenters. The normalized spacial score (nSPS) is 10.9. The molecule has 0 unspecified atom stereocenters. The molecular weight excluding hydrogens is 472 g/mol. The number of carboxylic acid groups (broad SMARTS) is 2. The summed E-state index contributed by atoms with van der Waals surface area (Å²) in [7, 11) is 2.05. The Balaban J connectivity index is 0.000000440. The van der Waals surface area contributed by atoms with E-state index < -0.39 is 11.9 Å². The van der Waals surface area contributed by atoms with Gasteiger partial charge >= 0.3 is 11.9 Å². The molecule has 9 heteroatoms. The predicted octanol–water partition coefficient (Wildman–Crippen LogP) is 5.44. The number of hydroxylamine groups is 2. The number of rotatable bonds is 9. The van der Waals surface area contributed by atoms with Crippen molar-refractivity contribution < 1.29 is 24.6 Å². The third-order valence-electron chi connectivity index (χ3n) is 4.60. The molecule has 0 radical (unpaired) electrons. The van der Waals surface area contributed by atoms with E-state index in [2.05, 4.69) is 42.7 Å². The van der Waals surface area contributed by atoms with Crippen LogP contribution < -0.4 is 4.84 Å². The lowest BCUT2D eigenvalue weighted by Gasteiger charge is -2.26. The molecule has 3 aromatic rings. The van der Waals surface area contributed by atoms with Gasteiger partial charge in [-0.05, 0) is 50.2 Å². The van der Waals surface area contributed by atoms with Gasteiger partial charge in [-0.2, -0.15) is 0 Å². The van der Waals surface area contributed by atoms with Crippen LogP contribution in [0.4, 0.5) is 0 Å². The highest BCUT2D eigenvalue weighted by atomic mass is 32.1. The zero-order valence-electron chi connectivity index (χ0n) is 19.2. The SMILES string of the molecule is CC(C)N(CCc1sc(=S)n(C)c1-c1ccccc1)Oc1ccccc1.O=C(O)C=CC(=O)O. The number of nitrogens with zero attached hydrogens (tertiary/aromatic N) is 2. The van der Waals surface area contributed by atoms with Crippen LogP contribution >= 0.6 is 23.6 Å². The Labute approximate surface area is 208 Å². The molecule has 0 amide bonds. The highest BCUT2D eigenvalue weighted by Crippen LogP contribution is 2.30. The molecule has 0 aliphatic rings. The topological polar surface area (TPSA) is 92.0 Å². The van der Waals surface area contributed by atoms with Gasteiger partial charge in [-0.25, -0.2) is 9.59 Å². The van der Waals surface area contributed by atoms with Gasteiger partial charge < -0.3 is 19.6 Å². The number of carboxylic acids is 2. The van der Waals surface area contributed by atoms with Crippen molar-refractivity contribution in [2.45, 2.75) is 26.3 Å². The second kappa shape index (κ2) is 13.4. The van der Waals surface area contributed by atoms with Crippen LogP contribution in [-0.4, -0.2) is 44.4 Å². The van der Waals surface area contributed by atoms with E-state index in [-0.39, 0.29) is 6.04 Å². The van der Waals surface area contributed by atoms with E-state index >= 15 is 0 Å². The van der Waals surface area contributed by atoms with Crippen LogP contribution in [0.1, 0.15) is 18.7 Å². The van der Waals surface area contributed by atoms with Crippen molar-refractivity contribution in [3.8, 4) is 17.0 Å². The molecule has 34 heavy (non-hydrogen) atoms. The first-order valence-corrected chi connectivity index (χ1v) is 11.8. The van der Waals surface area contributed by atoms with E-state index in [1.165, 1.54) is 16.1 Å². The summed E-state index contributed by atoms with van der Waals surface area (Å²) in [6, 6.07) is 20.7. The Morgan fingerprint density at radius 3 is 2.06 bits per heavy atom. The van der Waals surface area contributed by atoms with Gasteiger partial charge in [0.2, 0.25) is 0 Å². The van der Waals surface area contributed by atoms with Crippen molar-refractivity contribution in [3.05, 3.63) is 81.6 Å². The highest BCUT2D eigenvalue weighted by molar-refractivity contribution is 7.73. The summed E-state index contributed by atoms with van der Waals surface area (Å²) in [6.07, 6.45) is 2.01. The molecule has 3 rings (SSSR count). The van der Waals surface area contributed by atoms with Crippen molar-refractivity contribution in [2.75, 3.05) is 6.54 Å². The molecule has 0 aliphatic heterocycles. The van der Waals surface area contributed by atoms with Gasteiger partial charge in [-0.1, -0.05) is 48.5 Å². The van der Waals surface area contributed by atoms with Crippen LogP contribution in [0.15, 0.2) is 72.8 Å². The minimum atomic E-state index is -1.26. The Hall–Kier alpha value is -3.27. The van der Waals surface area contributed by atoms with Gasteiger partial charge in [0.15, 0.2) is 3.95 Å². The van der Waals surface area contributed by atoms with E-state index in [4.69, 9.17) is 27.3 Å². The van der Waals surface area contributed by atoms with Crippen molar-refractivity contribution in [2.24, 2.45) is 7.05 Å². The zero-order chi connectivity index (χ0) is 25.1. The number of aromatic nitrogens is 1. The molecule has 0 aliphatic carbocycles. The van der Waals surface area contributed by atoms with Crippen LogP contribution in [0.25, 0.3) is 11.3 Å². The van der Waals surface area contributed by atoms with Crippen molar-refractivity contribution in [3.63, 3.8) is 0 Å². The quantitative estimate of drug-likeness (QED) is 0.230. The Morgan fingerprint density at radius 1 is 1.03 bits per heavy atom. The van der Waals surface area contributed by atoms with Crippen LogP contribution in [0.2, 0.25) is 0 Å². The van der Waals surface area contributed by atoms with Crippen molar-refractivity contribution in [1.82, 2.24) is 9.63 Å². The Bertz CT molecular complexity index is 1140. The Morgan fingerprint density at radius 2 is 1.56 bits per heavy atom. The van der Waals surface area contributed by atoms with Crippen molar-refractivity contribution in [1.29, 1.82) is 0 Å². The number of hydrogen-bond acceptors (Lipinski definition) is 6. The summed E-state index contributed by atoms with van der Waals surface area (Å²) in [5.74, 6) is -1.65. The minimum absolute atomic E-state index is 0.284. The fourth-order valence-electron chi connectivity index (χ4n) is 3.00. The van der Waals surface area contributed by atoms with Gasteiger partial charge in [-0.15, -0.1) is 16.4 Å². The molecule has 0 bridgehead atoms. The first-order chi connectivity index (χ1) is 16.2. The molecule has 1 aromatic heterocycles. The lowest BCUT2D eigenvalue weighted by molar-refractivity contribution is -0.134. The van der Waals surface area contributed by atoms with Gasteiger partial charge in [0.25, 0.3) is 0 Å². The maximum absolute atomic E-state index is 9.55. The molecule has 0 spiro atoms. The maximum atomic E-state index is 9.55. The van der Waals surface area contributed by atoms with Gasteiger partial charge in [0.05, 0.1) is 5.69 Å². The number of aliphatic carboxylic acids is 2. The molecule has 180 valence electrons. The van der Waals surface area contributed by atoms with Gasteiger partial charge in [0, 0.05) is 36.7 Å². The minimum Gasteiger partial charge on any atom is -0.478 e. The summed E-state index contributed by atoms with van der Waals surface area (Å²) in [5.41, 5.74) is 2.42. The number of benzene rings is 2. The van der Waals surface area contributed by atoms with Gasteiger partial charge in [-0.3, -0.25) is 0 Å². The predicted molar refractivity (Wildman–Crippen MR) is 137 cm³/mol. The summed E-state index contributed by atoms with van der Waals surface area (Å²) in [4.78, 5) is 26.5. The van der Waals surface area contributed by atoms with Crippen LogP contribution in [0, 0.1) is 3.95 Å². The molecule has 2 N–H and O–H groups in total. The number of thiazole rings is 1. The molecule has 2 aromatic carbocycles. The summed E-state index contributed by atoms with van der Waals surface area (Å²) in [5, 5.41) is 17.7. The lowest BCUT2D eigenvalue weighted by atomic mass is 10.1. The van der Waals surface area contributed by atoms with Gasteiger partial charge in [0.1, 0.15) is 5.75 Å². The highest BCUT2D eigenvalue weighted by Gasteiger charge is 2.17. The molecular formula is C25H28N2O5S2. The monoisotopic (exact) mass is 500 g/mol. The van der Waals surface area contributed by atoms with Crippen LogP contribution in [-0.2, 0) is 23.1 Å². The summed E-state index contributed by atoms with van der Waals surface area (Å²) < 4.78 is 3.02. The second-order valence-corrected chi connectivity index (χ2v) is 9.19. The second-order valence-electron chi connectivity index (χ2n) is 7.46.